The van der Waals surface area contributed by atoms with Crippen molar-refractivity contribution in [2.24, 2.45) is 0 Å². The van der Waals surface area contributed by atoms with Crippen LogP contribution in [-0.2, 0) is 6.61 Å². The van der Waals surface area contributed by atoms with Crippen LogP contribution in [0, 0.1) is 18.6 Å². The van der Waals surface area contributed by atoms with E-state index < -0.39 is 41.9 Å². The highest BCUT2D eigenvalue weighted by atomic mass is 32.1. The van der Waals surface area contributed by atoms with Crippen LogP contribution in [0.15, 0.2) is 12.1 Å². The Hall–Kier alpha value is -2.83. The van der Waals surface area contributed by atoms with Gasteiger partial charge in [0, 0.05) is 18.6 Å². The van der Waals surface area contributed by atoms with Gasteiger partial charge in [-0.05, 0) is 63.3 Å². The normalized spacial score (nSPS) is 12.3. The van der Waals surface area contributed by atoms with E-state index in [1.165, 1.54) is 6.92 Å². The van der Waals surface area contributed by atoms with E-state index >= 15 is 0 Å². The molecule has 0 saturated heterocycles. The molecule has 2 aromatic rings. The summed E-state index contributed by atoms with van der Waals surface area (Å²) in [4.78, 5) is 23.8. The number of carbonyl (C=O) groups excluding carboxylic acids is 1. The summed E-state index contributed by atoms with van der Waals surface area (Å²) in [5.41, 5.74) is -0.555. The zero-order valence-electron chi connectivity index (χ0n) is 18.8. The Balaban J connectivity index is 1.95. The fourth-order valence-corrected chi connectivity index (χ4v) is 3.40. The average molecular weight is 487 g/mol. The lowest BCUT2D eigenvalue weighted by Gasteiger charge is -2.22. The number of aliphatic hydroxyl groups is 1. The van der Waals surface area contributed by atoms with Crippen LogP contribution in [0.25, 0.3) is 0 Å². The van der Waals surface area contributed by atoms with Gasteiger partial charge in [0.2, 0.25) is 5.88 Å². The number of benzene rings is 1. The molecule has 33 heavy (non-hydrogen) atoms. The number of nitrogens with one attached hydrogen (secondary N) is 3. The van der Waals surface area contributed by atoms with Crippen molar-refractivity contribution in [3.63, 3.8) is 0 Å². The first-order valence-electron chi connectivity index (χ1n) is 10.2. The quantitative estimate of drug-likeness (QED) is 0.348. The van der Waals surface area contributed by atoms with Crippen LogP contribution in [0.5, 0.6) is 5.88 Å². The SMILES string of the molecule is Cc1cc(F)c(COc2nsc(NC(=O)NCCC(O)CNC(C)(C)C)c2C(=O)O)c(F)c1. The number of amides is 2. The highest BCUT2D eigenvalue weighted by Crippen LogP contribution is 2.31. The highest BCUT2D eigenvalue weighted by molar-refractivity contribution is 7.11. The van der Waals surface area contributed by atoms with Crippen molar-refractivity contribution in [2.45, 2.75) is 52.4 Å². The number of carboxylic acids is 1. The molecule has 1 atom stereocenters. The summed E-state index contributed by atoms with van der Waals surface area (Å²) in [6.45, 7) is 7.36. The number of hydrogen-bond acceptors (Lipinski definition) is 7. The first-order chi connectivity index (χ1) is 15.4. The molecule has 1 aromatic carbocycles. The van der Waals surface area contributed by atoms with Crippen molar-refractivity contribution in [2.75, 3.05) is 18.4 Å². The van der Waals surface area contributed by atoms with E-state index in [1.807, 2.05) is 20.8 Å². The van der Waals surface area contributed by atoms with Crippen molar-refractivity contribution in [1.29, 1.82) is 0 Å². The van der Waals surface area contributed by atoms with Gasteiger partial charge in [0.1, 0.15) is 23.2 Å². The van der Waals surface area contributed by atoms with Crippen LogP contribution in [0.4, 0.5) is 18.6 Å². The van der Waals surface area contributed by atoms with Gasteiger partial charge in [-0.25, -0.2) is 18.4 Å². The molecule has 2 rings (SSSR count). The monoisotopic (exact) mass is 486 g/mol. The third-order valence-electron chi connectivity index (χ3n) is 4.37. The number of carbonyl (C=O) groups is 2. The Kier molecular flexibility index (Phi) is 9.08. The zero-order valence-corrected chi connectivity index (χ0v) is 19.6. The number of β-amino-alcohol motifs (C(OH)–C–C–N with tert-alkyl or cyclic N) is 1. The van der Waals surface area contributed by atoms with Crippen molar-refractivity contribution in [1.82, 2.24) is 15.0 Å². The van der Waals surface area contributed by atoms with Gasteiger partial charge < -0.3 is 25.6 Å². The van der Waals surface area contributed by atoms with Crippen LogP contribution in [-0.4, -0.2) is 51.3 Å². The molecule has 0 fully saturated rings. The number of ether oxygens (including phenoxy) is 1. The van der Waals surface area contributed by atoms with E-state index in [2.05, 4.69) is 20.3 Å². The number of aliphatic hydroxyl groups excluding tert-OH is 1. The molecule has 9 nitrogen and oxygen atoms in total. The van der Waals surface area contributed by atoms with Gasteiger partial charge in [-0.2, -0.15) is 4.37 Å². The Bertz CT molecular complexity index is 971. The molecule has 0 spiro atoms. The Morgan fingerprint density at radius 2 is 1.88 bits per heavy atom. The third kappa shape index (κ3) is 8.22. The van der Waals surface area contributed by atoms with Gasteiger partial charge in [0.15, 0.2) is 5.56 Å². The summed E-state index contributed by atoms with van der Waals surface area (Å²) in [5.74, 6) is -3.44. The van der Waals surface area contributed by atoms with Crippen LogP contribution in [0.2, 0.25) is 0 Å². The van der Waals surface area contributed by atoms with Crippen LogP contribution >= 0.6 is 11.5 Å². The maximum absolute atomic E-state index is 14.0. The minimum atomic E-state index is -1.43. The van der Waals surface area contributed by atoms with E-state index in [0.717, 1.165) is 12.1 Å². The summed E-state index contributed by atoms with van der Waals surface area (Å²) >= 11 is 0.655. The predicted molar refractivity (Wildman–Crippen MR) is 120 cm³/mol. The second-order valence-electron chi connectivity index (χ2n) is 8.45. The summed E-state index contributed by atoms with van der Waals surface area (Å²) in [6, 6.07) is 1.57. The number of aryl methyl sites for hydroxylation is 1. The molecule has 1 aromatic heterocycles. The largest absolute Gasteiger partial charge is 0.477 e. The standard InChI is InChI=1S/C21H28F2N4O5S/c1-11-7-14(22)13(15(23)8-11)10-32-17-16(19(29)30)18(33-27-17)26-20(31)24-6-5-12(28)9-25-21(2,3)4/h7-8,12,25,28H,5-6,9-10H2,1-4H3,(H,29,30)(H2,24,26,31). The van der Waals surface area contributed by atoms with Crippen molar-refractivity contribution >= 4 is 28.5 Å². The Morgan fingerprint density at radius 1 is 1.24 bits per heavy atom. The second kappa shape index (κ2) is 11.3. The molecule has 0 aliphatic heterocycles. The smallest absolute Gasteiger partial charge is 0.344 e. The lowest BCUT2D eigenvalue weighted by Crippen LogP contribution is -2.42. The van der Waals surface area contributed by atoms with Crippen molar-refractivity contribution in [3.05, 3.63) is 40.5 Å². The topological polar surface area (TPSA) is 133 Å². The zero-order chi connectivity index (χ0) is 24.8. The number of halogens is 2. The summed E-state index contributed by atoms with van der Waals surface area (Å²) < 4.78 is 37.1. The molecule has 0 aliphatic carbocycles. The molecule has 182 valence electrons. The van der Waals surface area contributed by atoms with Crippen molar-refractivity contribution in [3.8, 4) is 5.88 Å². The molecule has 5 N–H and O–H groups in total. The molecule has 0 bridgehead atoms. The molecule has 2 amide bonds. The molecule has 12 heteroatoms. The Labute approximate surface area is 194 Å². The first kappa shape index (κ1) is 26.4. The Morgan fingerprint density at radius 3 is 2.45 bits per heavy atom. The molecule has 0 radical (unpaired) electrons. The third-order valence-corrected chi connectivity index (χ3v) is 5.12. The van der Waals surface area contributed by atoms with Gasteiger partial charge in [-0.3, -0.25) is 5.32 Å². The number of hydrogen-bond donors (Lipinski definition) is 5. The lowest BCUT2D eigenvalue weighted by molar-refractivity contribution is 0.0693. The molecule has 0 saturated carbocycles. The van der Waals surface area contributed by atoms with Crippen LogP contribution in [0.3, 0.4) is 0 Å². The number of aromatic carboxylic acids is 1. The minimum absolute atomic E-state index is 0.102. The predicted octanol–water partition coefficient (Wildman–Crippen LogP) is 3.27. The summed E-state index contributed by atoms with van der Waals surface area (Å²) in [5, 5.41) is 27.4. The summed E-state index contributed by atoms with van der Waals surface area (Å²) in [7, 11) is 0. The first-order valence-corrected chi connectivity index (χ1v) is 10.9. The van der Waals surface area contributed by atoms with E-state index in [-0.39, 0.29) is 34.9 Å². The van der Waals surface area contributed by atoms with E-state index in [0.29, 0.717) is 23.6 Å². The van der Waals surface area contributed by atoms with Gasteiger partial charge in [0.05, 0.1) is 11.7 Å². The van der Waals surface area contributed by atoms with Gasteiger partial charge in [-0.15, -0.1) is 0 Å². The van der Waals surface area contributed by atoms with Gasteiger partial charge in [-0.1, -0.05) is 0 Å². The van der Waals surface area contributed by atoms with Gasteiger partial charge >= 0.3 is 12.0 Å². The number of carboxylic acid groups (broad SMARTS) is 1. The second-order valence-corrected chi connectivity index (χ2v) is 9.22. The van der Waals surface area contributed by atoms with Gasteiger partial charge in [0.25, 0.3) is 0 Å². The number of anilines is 1. The number of rotatable bonds is 10. The molecule has 0 aliphatic rings. The lowest BCUT2D eigenvalue weighted by atomic mass is 10.1. The summed E-state index contributed by atoms with van der Waals surface area (Å²) in [6.07, 6.45) is -0.391. The fraction of sp³-hybridized carbons (Fsp3) is 0.476. The van der Waals surface area contributed by atoms with E-state index in [9.17, 15) is 28.6 Å². The molecular formula is C21H28F2N4O5S. The van der Waals surface area contributed by atoms with E-state index in [4.69, 9.17) is 4.74 Å². The van der Waals surface area contributed by atoms with Crippen LogP contribution in [0.1, 0.15) is 48.7 Å². The van der Waals surface area contributed by atoms with Crippen molar-refractivity contribution < 1.29 is 33.3 Å². The maximum Gasteiger partial charge on any atom is 0.344 e. The number of nitrogens with zero attached hydrogens (tertiary/aromatic N) is 1. The molecular weight excluding hydrogens is 458 g/mol. The maximum atomic E-state index is 14.0. The highest BCUT2D eigenvalue weighted by Gasteiger charge is 2.24. The van der Waals surface area contributed by atoms with E-state index in [1.54, 1.807) is 0 Å². The minimum Gasteiger partial charge on any atom is -0.477 e. The van der Waals surface area contributed by atoms with Crippen LogP contribution < -0.4 is 20.7 Å². The number of urea groups is 1. The molecule has 1 unspecified atom stereocenters. The average Bonchev–Trinajstić information content (AvgIpc) is 3.07. The molecule has 1 heterocycles. The fourth-order valence-electron chi connectivity index (χ4n) is 2.68. The number of aromatic nitrogens is 1.